The predicted molar refractivity (Wildman–Crippen MR) is 78.9 cm³/mol. The number of nitrogens with two attached hydrogens (primary N) is 1. The lowest BCUT2D eigenvalue weighted by Gasteiger charge is -2.11. The van der Waals surface area contributed by atoms with Crippen LogP contribution in [0.4, 0.5) is 0 Å². The first kappa shape index (κ1) is 13.1. The topological polar surface area (TPSA) is 43.1 Å². The molecule has 0 aliphatic carbocycles. The van der Waals surface area contributed by atoms with Gasteiger partial charge < -0.3 is 5.73 Å². The monoisotopic (exact) mass is 251 g/mol. The molecule has 2 N–H and O–H groups in total. The van der Waals surface area contributed by atoms with E-state index < -0.39 is 0 Å². The Labute approximate surface area is 113 Å². The van der Waals surface area contributed by atoms with Crippen LogP contribution in [0.5, 0.6) is 0 Å². The van der Waals surface area contributed by atoms with Crippen LogP contribution in [0.25, 0.3) is 5.70 Å². The molecule has 96 valence electrons. The molecule has 0 aromatic heterocycles. The van der Waals surface area contributed by atoms with Crippen molar-refractivity contribution in [3.63, 3.8) is 0 Å². The molecule has 2 aromatic carbocycles. The van der Waals surface area contributed by atoms with Gasteiger partial charge in [-0.1, -0.05) is 67.6 Å². The van der Waals surface area contributed by atoms with E-state index in [0.717, 1.165) is 23.1 Å². The maximum atomic E-state index is 11.0. The van der Waals surface area contributed by atoms with Crippen LogP contribution in [-0.4, -0.2) is 6.29 Å². The zero-order chi connectivity index (χ0) is 13.7. The summed E-state index contributed by atoms with van der Waals surface area (Å²) in [4.78, 5) is 11.0. The molecule has 0 bridgehead atoms. The molecule has 0 saturated carbocycles. The van der Waals surface area contributed by atoms with Crippen LogP contribution in [0, 0.1) is 0 Å². The third-order valence-electron chi connectivity index (χ3n) is 3.15. The Morgan fingerprint density at radius 2 is 1.68 bits per heavy atom. The lowest BCUT2D eigenvalue weighted by Crippen LogP contribution is -2.01. The van der Waals surface area contributed by atoms with Gasteiger partial charge in [0.1, 0.15) is 6.29 Å². The maximum Gasteiger partial charge on any atom is 0.150 e. The Morgan fingerprint density at radius 3 is 2.37 bits per heavy atom. The molecule has 2 heteroatoms. The Balaban J connectivity index is 2.30. The number of allylic oxidation sites excluding steroid dienone is 1. The minimum absolute atomic E-state index is 0.0987. The van der Waals surface area contributed by atoms with Crippen LogP contribution in [0.2, 0.25) is 0 Å². The van der Waals surface area contributed by atoms with E-state index in [9.17, 15) is 4.79 Å². The Hall–Kier alpha value is -2.35. The molecule has 0 aliphatic heterocycles. The van der Waals surface area contributed by atoms with E-state index in [2.05, 4.69) is 0 Å². The molecular formula is C17H17NO. The first-order valence-corrected chi connectivity index (χ1v) is 6.29. The van der Waals surface area contributed by atoms with Crippen LogP contribution in [0.1, 0.15) is 34.3 Å². The van der Waals surface area contributed by atoms with E-state index in [4.69, 9.17) is 5.73 Å². The zero-order valence-corrected chi connectivity index (χ0v) is 10.9. The van der Waals surface area contributed by atoms with Gasteiger partial charge in [-0.05, 0) is 11.1 Å². The predicted octanol–water partition coefficient (Wildman–Crippen LogP) is 3.60. The normalized spacial score (nSPS) is 13.0. The number of hydrogen-bond donors (Lipinski definition) is 1. The van der Waals surface area contributed by atoms with Crippen molar-refractivity contribution in [2.45, 2.75) is 12.8 Å². The fourth-order valence-corrected chi connectivity index (χ4v) is 2.12. The van der Waals surface area contributed by atoms with Gasteiger partial charge in [-0.25, -0.2) is 0 Å². The fourth-order valence-electron chi connectivity index (χ4n) is 2.12. The Bertz CT molecular complexity index is 587. The molecule has 0 heterocycles. The summed E-state index contributed by atoms with van der Waals surface area (Å²) in [6, 6.07) is 17.4. The Morgan fingerprint density at radius 1 is 1.05 bits per heavy atom. The molecule has 0 fully saturated rings. The van der Waals surface area contributed by atoms with Crippen molar-refractivity contribution in [1.82, 2.24) is 0 Å². The molecule has 0 aliphatic rings. The standard InChI is InChI=1S/C17H17NO/c1-13(16-10-6-5-9-15(16)12-19)11-17(18)14-7-3-2-4-8-14/h2-13H,18H2,1H3/b17-11-. The maximum absolute atomic E-state index is 11.0. The van der Waals surface area contributed by atoms with E-state index in [1.807, 2.05) is 67.6 Å². The van der Waals surface area contributed by atoms with Gasteiger partial charge in [0.2, 0.25) is 0 Å². The van der Waals surface area contributed by atoms with Crippen molar-refractivity contribution in [3.05, 3.63) is 77.4 Å². The minimum atomic E-state index is 0.0987. The van der Waals surface area contributed by atoms with Crippen LogP contribution in [-0.2, 0) is 0 Å². The van der Waals surface area contributed by atoms with Gasteiger partial charge in [-0.2, -0.15) is 0 Å². The summed E-state index contributed by atoms with van der Waals surface area (Å²) < 4.78 is 0. The highest BCUT2D eigenvalue weighted by molar-refractivity contribution is 5.78. The van der Waals surface area contributed by atoms with Crippen LogP contribution in [0.15, 0.2) is 60.7 Å². The summed E-state index contributed by atoms with van der Waals surface area (Å²) in [5.41, 5.74) is 9.54. The first-order valence-electron chi connectivity index (χ1n) is 6.29. The lowest BCUT2D eigenvalue weighted by atomic mass is 9.94. The Kier molecular flexibility index (Phi) is 4.14. The summed E-state index contributed by atoms with van der Waals surface area (Å²) in [5.74, 6) is 0.0987. The smallest absolute Gasteiger partial charge is 0.150 e. The van der Waals surface area contributed by atoms with E-state index in [-0.39, 0.29) is 5.92 Å². The summed E-state index contributed by atoms with van der Waals surface area (Å²) in [7, 11) is 0. The second kappa shape index (κ2) is 6.01. The van der Waals surface area contributed by atoms with E-state index in [0.29, 0.717) is 5.56 Å². The molecule has 0 radical (unpaired) electrons. The van der Waals surface area contributed by atoms with Gasteiger partial charge in [0, 0.05) is 17.2 Å². The molecular weight excluding hydrogens is 234 g/mol. The van der Waals surface area contributed by atoms with Crippen LogP contribution >= 0.6 is 0 Å². The van der Waals surface area contributed by atoms with Gasteiger partial charge in [0.05, 0.1) is 0 Å². The third-order valence-corrected chi connectivity index (χ3v) is 3.15. The molecule has 2 nitrogen and oxygen atoms in total. The molecule has 2 aromatic rings. The van der Waals surface area contributed by atoms with Crippen molar-refractivity contribution in [2.24, 2.45) is 5.73 Å². The number of benzene rings is 2. The summed E-state index contributed by atoms with van der Waals surface area (Å²) in [6.45, 7) is 2.04. The average molecular weight is 251 g/mol. The second-order valence-corrected chi connectivity index (χ2v) is 4.52. The summed E-state index contributed by atoms with van der Waals surface area (Å²) in [5, 5.41) is 0. The van der Waals surface area contributed by atoms with Gasteiger partial charge in [0.25, 0.3) is 0 Å². The second-order valence-electron chi connectivity index (χ2n) is 4.52. The number of hydrogen-bond acceptors (Lipinski definition) is 2. The molecule has 2 rings (SSSR count). The van der Waals surface area contributed by atoms with E-state index in [1.165, 1.54) is 0 Å². The van der Waals surface area contributed by atoms with Crippen molar-refractivity contribution in [3.8, 4) is 0 Å². The highest BCUT2D eigenvalue weighted by Gasteiger charge is 2.08. The van der Waals surface area contributed by atoms with Crippen LogP contribution in [0.3, 0.4) is 0 Å². The van der Waals surface area contributed by atoms with Gasteiger partial charge in [-0.3, -0.25) is 4.79 Å². The fraction of sp³-hybridized carbons (Fsp3) is 0.118. The lowest BCUT2D eigenvalue weighted by molar-refractivity contribution is 0.112. The average Bonchev–Trinajstić information content (AvgIpc) is 2.48. The van der Waals surface area contributed by atoms with Crippen LogP contribution < -0.4 is 5.73 Å². The van der Waals surface area contributed by atoms with Crippen molar-refractivity contribution < 1.29 is 4.79 Å². The SMILES string of the molecule is CC(/C=C(\N)c1ccccc1)c1ccccc1C=O. The molecule has 1 unspecified atom stereocenters. The van der Waals surface area contributed by atoms with E-state index in [1.54, 1.807) is 0 Å². The molecule has 0 amide bonds. The van der Waals surface area contributed by atoms with Crippen molar-refractivity contribution >= 4 is 12.0 Å². The minimum Gasteiger partial charge on any atom is -0.398 e. The van der Waals surface area contributed by atoms with Crippen molar-refractivity contribution in [1.29, 1.82) is 0 Å². The highest BCUT2D eigenvalue weighted by Crippen LogP contribution is 2.22. The number of carbonyl (C=O) groups is 1. The number of aldehydes is 1. The van der Waals surface area contributed by atoms with E-state index >= 15 is 0 Å². The zero-order valence-electron chi connectivity index (χ0n) is 10.9. The summed E-state index contributed by atoms with van der Waals surface area (Å²) >= 11 is 0. The largest absolute Gasteiger partial charge is 0.398 e. The van der Waals surface area contributed by atoms with Gasteiger partial charge >= 0.3 is 0 Å². The number of rotatable bonds is 4. The quantitative estimate of drug-likeness (QED) is 0.844. The number of carbonyl (C=O) groups excluding carboxylic acids is 1. The molecule has 0 spiro atoms. The summed E-state index contributed by atoms with van der Waals surface area (Å²) in [6.07, 6.45) is 2.87. The first-order chi connectivity index (χ1) is 9.22. The molecule has 19 heavy (non-hydrogen) atoms. The molecule has 0 saturated heterocycles. The molecule has 1 atom stereocenters. The third kappa shape index (κ3) is 3.10. The van der Waals surface area contributed by atoms with Crippen molar-refractivity contribution in [2.75, 3.05) is 0 Å². The highest BCUT2D eigenvalue weighted by atomic mass is 16.1. The van der Waals surface area contributed by atoms with Gasteiger partial charge in [-0.15, -0.1) is 0 Å². The van der Waals surface area contributed by atoms with Gasteiger partial charge in [0.15, 0.2) is 0 Å².